The van der Waals surface area contributed by atoms with Gasteiger partial charge in [0.15, 0.2) is 15.0 Å². The minimum absolute atomic E-state index is 0.0604. The number of amides is 1. The number of hydrogen-bond acceptors (Lipinski definition) is 5. The van der Waals surface area contributed by atoms with E-state index in [1.54, 1.807) is 0 Å². The molecule has 3 aliphatic rings. The van der Waals surface area contributed by atoms with Gasteiger partial charge in [-0.15, -0.1) is 0 Å². The van der Waals surface area contributed by atoms with Crippen LogP contribution in [0.5, 0.6) is 0 Å². The molecule has 4 rings (SSSR count). The van der Waals surface area contributed by atoms with Gasteiger partial charge in [-0.3, -0.25) is 4.79 Å². The molecule has 8 heteroatoms. The molecule has 0 unspecified atom stereocenters. The van der Waals surface area contributed by atoms with Crippen molar-refractivity contribution < 1.29 is 13.2 Å². The van der Waals surface area contributed by atoms with Gasteiger partial charge in [-0.1, -0.05) is 31.0 Å². The fourth-order valence-corrected chi connectivity index (χ4v) is 8.50. The third-order valence-corrected chi connectivity index (χ3v) is 9.33. The van der Waals surface area contributed by atoms with E-state index < -0.39 is 9.84 Å². The van der Waals surface area contributed by atoms with E-state index in [0.717, 1.165) is 24.2 Å². The van der Waals surface area contributed by atoms with Crippen LogP contribution in [0.25, 0.3) is 0 Å². The minimum Gasteiger partial charge on any atom is -0.378 e. The summed E-state index contributed by atoms with van der Waals surface area (Å²) < 4.78 is 24.4. The number of sulfone groups is 1. The summed E-state index contributed by atoms with van der Waals surface area (Å²) >= 11 is 1.45. The molecule has 6 nitrogen and oxygen atoms in total. The number of benzene rings is 1. The molecule has 1 aromatic carbocycles. The smallest absolute Gasteiger partial charge is 0.248 e. The van der Waals surface area contributed by atoms with Gasteiger partial charge in [0.2, 0.25) is 5.91 Å². The Bertz CT molecular complexity index is 890. The zero-order chi connectivity index (χ0) is 20.6. The Balaban J connectivity index is 1.58. The topological polar surface area (TPSA) is 70.0 Å². The van der Waals surface area contributed by atoms with Crippen molar-refractivity contribution in [2.75, 3.05) is 35.4 Å². The molecule has 158 valence electrons. The second-order valence-electron chi connectivity index (χ2n) is 8.58. The highest BCUT2D eigenvalue weighted by molar-refractivity contribution is 8.16. The van der Waals surface area contributed by atoms with Crippen molar-refractivity contribution in [3.05, 3.63) is 24.3 Å². The average Bonchev–Trinajstić information content (AvgIpc) is 3.13. The Morgan fingerprint density at radius 2 is 1.83 bits per heavy atom. The van der Waals surface area contributed by atoms with Crippen LogP contribution in [-0.2, 0) is 14.6 Å². The Morgan fingerprint density at radius 3 is 2.48 bits per heavy atom. The molecule has 0 radical (unpaired) electrons. The predicted molar refractivity (Wildman–Crippen MR) is 121 cm³/mol. The predicted octanol–water partition coefficient (Wildman–Crippen LogP) is 3.32. The second kappa shape index (κ2) is 8.30. The standard InChI is InChI=1S/C21H29N3O3S2/c1-23(2)16-8-10-17(11-9-16)24-18-13-29(26,27)14-19(18)28-21(24)22-20(25)12-15-6-4-3-5-7-15/h8-11,15,18-19H,3-7,12-14H2,1-2H3/t18-,19-/m0/s1. The molecular weight excluding hydrogens is 406 g/mol. The number of thioether (sulfide) groups is 1. The summed E-state index contributed by atoms with van der Waals surface area (Å²) in [6, 6.07) is 7.85. The molecule has 0 bridgehead atoms. The Morgan fingerprint density at radius 1 is 1.14 bits per heavy atom. The van der Waals surface area contributed by atoms with Crippen LogP contribution >= 0.6 is 11.8 Å². The maximum absolute atomic E-state index is 12.7. The van der Waals surface area contributed by atoms with Crippen LogP contribution in [0.4, 0.5) is 11.4 Å². The Labute approximate surface area is 177 Å². The van der Waals surface area contributed by atoms with E-state index >= 15 is 0 Å². The highest BCUT2D eigenvalue weighted by Crippen LogP contribution is 2.41. The maximum Gasteiger partial charge on any atom is 0.248 e. The normalized spacial score (nSPS) is 27.9. The molecule has 3 fully saturated rings. The first kappa shape index (κ1) is 20.7. The Hall–Kier alpha value is -1.54. The molecule has 2 heterocycles. The molecule has 1 aliphatic carbocycles. The molecule has 2 atom stereocenters. The van der Waals surface area contributed by atoms with E-state index in [1.807, 2.05) is 48.2 Å². The lowest BCUT2D eigenvalue weighted by molar-refractivity contribution is -0.118. The minimum atomic E-state index is -3.05. The highest BCUT2D eigenvalue weighted by atomic mass is 32.2. The quantitative estimate of drug-likeness (QED) is 0.723. The van der Waals surface area contributed by atoms with Crippen molar-refractivity contribution in [2.24, 2.45) is 10.9 Å². The number of hydrogen-bond donors (Lipinski definition) is 0. The number of anilines is 2. The van der Waals surface area contributed by atoms with Crippen LogP contribution in [0.2, 0.25) is 0 Å². The van der Waals surface area contributed by atoms with Gasteiger partial charge in [0.1, 0.15) is 0 Å². The molecular formula is C21H29N3O3S2. The van der Waals surface area contributed by atoms with Gasteiger partial charge in [-0.25, -0.2) is 8.42 Å². The third kappa shape index (κ3) is 4.63. The number of carbonyl (C=O) groups excluding carboxylic acids is 1. The summed E-state index contributed by atoms with van der Waals surface area (Å²) in [5.74, 6) is 0.650. The van der Waals surface area contributed by atoms with Gasteiger partial charge in [-0.2, -0.15) is 4.99 Å². The van der Waals surface area contributed by atoms with Gasteiger partial charge in [0, 0.05) is 37.1 Å². The highest BCUT2D eigenvalue weighted by Gasteiger charge is 2.49. The van der Waals surface area contributed by atoms with Crippen LogP contribution in [-0.4, -0.2) is 56.4 Å². The first-order valence-electron chi connectivity index (χ1n) is 10.4. The maximum atomic E-state index is 12.7. The van der Waals surface area contributed by atoms with Crippen LogP contribution < -0.4 is 9.80 Å². The first-order chi connectivity index (χ1) is 13.8. The van der Waals surface area contributed by atoms with E-state index in [2.05, 4.69) is 4.99 Å². The summed E-state index contributed by atoms with van der Waals surface area (Å²) in [6.45, 7) is 0. The van der Waals surface area contributed by atoms with Crippen LogP contribution in [0.3, 0.4) is 0 Å². The van der Waals surface area contributed by atoms with Gasteiger partial charge < -0.3 is 9.80 Å². The number of nitrogens with zero attached hydrogens (tertiary/aromatic N) is 3. The number of fused-ring (bicyclic) bond motifs is 1. The monoisotopic (exact) mass is 435 g/mol. The SMILES string of the molecule is CN(C)c1ccc(N2C(=NC(=O)CC3CCCCC3)S[C@H]3CS(=O)(=O)C[C@@H]32)cc1. The van der Waals surface area contributed by atoms with E-state index in [9.17, 15) is 13.2 Å². The van der Waals surface area contributed by atoms with Gasteiger partial charge in [0.25, 0.3) is 0 Å². The molecule has 0 spiro atoms. The van der Waals surface area contributed by atoms with E-state index in [-0.39, 0.29) is 28.7 Å². The second-order valence-corrected chi connectivity index (χ2v) is 11.9. The van der Waals surface area contributed by atoms with Crippen molar-refractivity contribution in [1.82, 2.24) is 0 Å². The fourth-order valence-electron chi connectivity index (χ4n) is 4.57. The van der Waals surface area contributed by atoms with Gasteiger partial charge >= 0.3 is 0 Å². The zero-order valence-electron chi connectivity index (χ0n) is 17.1. The largest absolute Gasteiger partial charge is 0.378 e. The van der Waals surface area contributed by atoms with E-state index in [0.29, 0.717) is 17.5 Å². The molecule has 0 aromatic heterocycles. The van der Waals surface area contributed by atoms with Gasteiger partial charge in [-0.05, 0) is 43.0 Å². The molecule has 1 amide bonds. The van der Waals surface area contributed by atoms with Crippen molar-refractivity contribution in [3.8, 4) is 0 Å². The van der Waals surface area contributed by atoms with Crippen molar-refractivity contribution >= 4 is 44.0 Å². The number of rotatable bonds is 4. The van der Waals surface area contributed by atoms with Crippen LogP contribution in [0.15, 0.2) is 29.3 Å². The summed E-state index contributed by atoms with van der Waals surface area (Å²) in [5.41, 5.74) is 1.97. The fraction of sp³-hybridized carbons (Fsp3) is 0.619. The average molecular weight is 436 g/mol. The van der Waals surface area contributed by atoms with Crippen molar-refractivity contribution in [1.29, 1.82) is 0 Å². The number of carbonyl (C=O) groups is 1. The molecule has 2 aliphatic heterocycles. The summed E-state index contributed by atoms with van der Waals surface area (Å²) in [5, 5.41) is 0.600. The molecule has 29 heavy (non-hydrogen) atoms. The van der Waals surface area contributed by atoms with Crippen LogP contribution in [0, 0.1) is 5.92 Å². The summed E-state index contributed by atoms with van der Waals surface area (Å²) in [7, 11) is 0.913. The summed E-state index contributed by atoms with van der Waals surface area (Å²) in [4.78, 5) is 21.2. The number of aliphatic imine (C=N–C) groups is 1. The zero-order valence-corrected chi connectivity index (χ0v) is 18.7. The van der Waals surface area contributed by atoms with Gasteiger partial charge in [0.05, 0.1) is 17.5 Å². The lowest BCUT2D eigenvalue weighted by atomic mass is 9.87. The third-order valence-electron chi connectivity index (χ3n) is 6.12. The molecule has 1 aromatic rings. The lowest BCUT2D eigenvalue weighted by Crippen LogP contribution is -2.37. The number of amidine groups is 1. The lowest BCUT2D eigenvalue weighted by Gasteiger charge is -2.25. The Kier molecular flexibility index (Phi) is 5.93. The summed E-state index contributed by atoms with van der Waals surface area (Å²) in [6.07, 6.45) is 6.41. The van der Waals surface area contributed by atoms with Crippen molar-refractivity contribution in [3.63, 3.8) is 0 Å². The molecule has 2 saturated heterocycles. The van der Waals surface area contributed by atoms with Crippen LogP contribution in [0.1, 0.15) is 38.5 Å². The molecule has 0 N–H and O–H groups in total. The first-order valence-corrected chi connectivity index (χ1v) is 13.1. The molecule has 1 saturated carbocycles. The van der Waals surface area contributed by atoms with Crippen molar-refractivity contribution in [2.45, 2.75) is 49.8 Å². The van der Waals surface area contributed by atoms with E-state index in [1.165, 1.54) is 31.0 Å². The van der Waals surface area contributed by atoms with E-state index in [4.69, 9.17) is 0 Å².